The monoisotopic (exact) mass is 424 g/mol. The number of likely N-dealkylation sites (tertiary alicyclic amines) is 1. The molecule has 8 nitrogen and oxygen atoms in total. The first-order valence-electron chi connectivity index (χ1n) is 9.73. The Morgan fingerprint density at radius 3 is 2.77 bits per heavy atom. The van der Waals surface area contributed by atoms with Gasteiger partial charge in [-0.1, -0.05) is 12.1 Å². The summed E-state index contributed by atoms with van der Waals surface area (Å²) in [5.41, 5.74) is -0.574. The Hall–Kier alpha value is -3.82. The highest BCUT2D eigenvalue weighted by Gasteiger charge is 2.42. The maximum absolute atomic E-state index is 15.4. The normalized spacial score (nSPS) is 18.7. The van der Waals surface area contributed by atoms with E-state index in [-0.39, 0.29) is 36.9 Å². The van der Waals surface area contributed by atoms with Crippen LogP contribution < -0.4 is 5.56 Å². The van der Waals surface area contributed by atoms with E-state index in [1.165, 1.54) is 44.6 Å². The number of halogens is 2. The number of H-pyrrole nitrogens is 1. The minimum atomic E-state index is -1.74. The van der Waals surface area contributed by atoms with Crippen LogP contribution in [-0.4, -0.2) is 48.3 Å². The average molecular weight is 424 g/mol. The third kappa shape index (κ3) is 3.11. The summed E-state index contributed by atoms with van der Waals surface area (Å²) in [5.74, 6) is -0.640. The van der Waals surface area contributed by atoms with Crippen LogP contribution in [-0.2, 0) is 5.67 Å². The second-order valence-electron chi connectivity index (χ2n) is 7.62. The van der Waals surface area contributed by atoms with E-state index in [0.717, 1.165) is 0 Å². The molecule has 1 aromatic carbocycles. The molecule has 5 rings (SSSR count). The molecule has 31 heavy (non-hydrogen) atoms. The molecular formula is C21H18F2N6O2. The number of alkyl halides is 1. The van der Waals surface area contributed by atoms with E-state index in [1.807, 2.05) is 0 Å². The van der Waals surface area contributed by atoms with Gasteiger partial charge in [0, 0.05) is 19.2 Å². The van der Waals surface area contributed by atoms with Crippen molar-refractivity contribution in [1.82, 2.24) is 29.3 Å². The second kappa shape index (κ2) is 6.86. The molecule has 1 atom stereocenters. The van der Waals surface area contributed by atoms with Crippen LogP contribution in [0, 0.1) is 12.7 Å². The number of hydrogen-bond donors (Lipinski definition) is 1. The number of nitrogens with one attached hydrogen (secondary N) is 1. The fourth-order valence-electron chi connectivity index (χ4n) is 3.96. The summed E-state index contributed by atoms with van der Waals surface area (Å²) >= 11 is 0. The molecule has 0 aliphatic carbocycles. The summed E-state index contributed by atoms with van der Waals surface area (Å²) in [5, 5.41) is 8.52. The molecule has 1 fully saturated rings. The number of benzene rings is 1. The highest BCUT2D eigenvalue weighted by Crippen LogP contribution is 2.36. The predicted molar refractivity (Wildman–Crippen MR) is 107 cm³/mol. The molecule has 1 amide bonds. The summed E-state index contributed by atoms with van der Waals surface area (Å²) < 4.78 is 31.4. The van der Waals surface area contributed by atoms with E-state index in [2.05, 4.69) is 15.2 Å². The Morgan fingerprint density at radius 1 is 1.23 bits per heavy atom. The van der Waals surface area contributed by atoms with Gasteiger partial charge in [-0.05, 0) is 36.8 Å². The van der Waals surface area contributed by atoms with Crippen LogP contribution in [0.25, 0.3) is 11.5 Å². The number of aromatic nitrogens is 5. The molecule has 1 N–H and O–H groups in total. The zero-order chi connectivity index (χ0) is 21.8. The summed E-state index contributed by atoms with van der Waals surface area (Å²) in [4.78, 5) is 29.4. The van der Waals surface area contributed by atoms with Gasteiger partial charge in [-0.2, -0.15) is 5.10 Å². The Kier molecular flexibility index (Phi) is 4.24. The third-order valence-corrected chi connectivity index (χ3v) is 5.70. The molecule has 158 valence electrons. The number of fused-ring (bicyclic) bond motifs is 1. The summed E-state index contributed by atoms with van der Waals surface area (Å²) in [6, 6.07) is 8.58. The van der Waals surface area contributed by atoms with E-state index >= 15 is 4.39 Å². The van der Waals surface area contributed by atoms with Gasteiger partial charge in [0.15, 0.2) is 5.67 Å². The van der Waals surface area contributed by atoms with Gasteiger partial charge in [-0.15, -0.1) is 5.10 Å². The van der Waals surface area contributed by atoms with Crippen molar-refractivity contribution in [2.24, 2.45) is 0 Å². The van der Waals surface area contributed by atoms with E-state index in [0.29, 0.717) is 22.3 Å². The highest BCUT2D eigenvalue weighted by molar-refractivity contribution is 5.95. The smallest absolute Gasteiger partial charge is 0.276 e. The van der Waals surface area contributed by atoms with Crippen LogP contribution in [0.2, 0.25) is 0 Å². The molecule has 1 aliphatic rings. The predicted octanol–water partition coefficient (Wildman–Crippen LogP) is 2.37. The van der Waals surface area contributed by atoms with E-state index < -0.39 is 11.5 Å². The first-order chi connectivity index (χ1) is 14.9. The van der Waals surface area contributed by atoms with Crippen LogP contribution in [0.4, 0.5) is 8.78 Å². The molecule has 0 saturated carbocycles. The van der Waals surface area contributed by atoms with Crippen LogP contribution in [0.15, 0.2) is 53.6 Å². The van der Waals surface area contributed by atoms with E-state index in [9.17, 15) is 14.0 Å². The van der Waals surface area contributed by atoms with Crippen LogP contribution in [0.3, 0.4) is 0 Å². The molecule has 1 aliphatic heterocycles. The average Bonchev–Trinajstić information content (AvgIpc) is 3.47. The first kappa shape index (κ1) is 19.2. The van der Waals surface area contributed by atoms with Gasteiger partial charge in [0.05, 0.1) is 24.0 Å². The lowest BCUT2D eigenvalue weighted by atomic mass is 9.95. The van der Waals surface area contributed by atoms with Crippen molar-refractivity contribution < 1.29 is 13.6 Å². The molecule has 1 saturated heterocycles. The largest absolute Gasteiger partial charge is 0.335 e. The highest BCUT2D eigenvalue weighted by atomic mass is 19.1. The lowest BCUT2D eigenvalue weighted by Crippen LogP contribution is -2.32. The van der Waals surface area contributed by atoms with Crippen molar-refractivity contribution in [2.75, 3.05) is 13.1 Å². The summed E-state index contributed by atoms with van der Waals surface area (Å²) in [6.45, 7) is 1.77. The van der Waals surface area contributed by atoms with Crippen molar-refractivity contribution in [3.8, 4) is 5.95 Å². The second-order valence-corrected chi connectivity index (χ2v) is 7.62. The molecule has 0 radical (unpaired) electrons. The Bertz CT molecular complexity index is 1360. The fourth-order valence-corrected chi connectivity index (χ4v) is 3.96. The zero-order valence-electron chi connectivity index (χ0n) is 16.5. The van der Waals surface area contributed by atoms with Gasteiger partial charge in [-0.25, -0.2) is 18.0 Å². The van der Waals surface area contributed by atoms with Crippen molar-refractivity contribution in [2.45, 2.75) is 19.0 Å². The van der Waals surface area contributed by atoms with Gasteiger partial charge in [0.2, 0.25) is 5.95 Å². The lowest BCUT2D eigenvalue weighted by molar-refractivity contribution is 0.0750. The summed E-state index contributed by atoms with van der Waals surface area (Å²) in [7, 11) is 0. The molecule has 1 unspecified atom stereocenters. The fraction of sp³-hybridized carbons (Fsp3) is 0.238. The summed E-state index contributed by atoms with van der Waals surface area (Å²) in [6.07, 6.45) is 3.14. The van der Waals surface area contributed by atoms with Crippen molar-refractivity contribution in [3.05, 3.63) is 81.8 Å². The third-order valence-electron chi connectivity index (χ3n) is 5.70. The number of aromatic amines is 1. The van der Waals surface area contributed by atoms with E-state index in [4.69, 9.17) is 0 Å². The maximum atomic E-state index is 15.4. The molecule has 0 bridgehead atoms. The van der Waals surface area contributed by atoms with E-state index in [1.54, 1.807) is 25.3 Å². The molecule has 0 spiro atoms. The minimum absolute atomic E-state index is 0.122. The number of hydrogen-bond acceptors (Lipinski definition) is 4. The minimum Gasteiger partial charge on any atom is -0.335 e. The van der Waals surface area contributed by atoms with Gasteiger partial charge in [-0.3, -0.25) is 14.6 Å². The van der Waals surface area contributed by atoms with Gasteiger partial charge >= 0.3 is 0 Å². The zero-order valence-corrected chi connectivity index (χ0v) is 16.5. The number of nitrogens with zero attached hydrogens (tertiary/aromatic N) is 5. The number of carbonyl (C=O) groups excluding carboxylic acids is 1. The molecule has 10 heteroatoms. The van der Waals surface area contributed by atoms with Crippen LogP contribution in [0.1, 0.15) is 28.0 Å². The van der Waals surface area contributed by atoms with Crippen molar-refractivity contribution in [1.29, 1.82) is 0 Å². The van der Waals surface area contributed by atoms with Crippen molar-refractivity contribution >= 4 is 11.4 Å². The van der Waals surface area contributed by atoms with Gasteiger partial charge in [0.1, 0.15) is 11.3 Å². The Balaban J connectivity index is 1.42. The number of rotatable bonds is 3. The molecular weight excluding hydrogens is 406 g/mol. The van der Waals surface area contributed by atoms with Crippen LogP contribution >= 0.6 is 0 Å². The quantitative estimate of drug-likeness (QED) is 0.547. The van der Waals surface area contributed by atoms with Crippen molar-refractivity contribution in [3.63, 3.8) is 0 Å². The number of carbonyl (C=O) groups is 1. The Morgan fingerprint density at radius 2 is 2.00 bits per heavy atom. The maximum Gasteiger partial charge on any atom is 0.276 e. The number of amides is 1. The Labute approximate surface area is 174 Å². The molecule has 4 heterocycles. The first-order valence-corrected chi connectivity index (χ1v) is 9.73. The molecule has 3 aromatic heterocycles. The topological polar surface area (TPSA) is 88.3 Å². The van der Waals surface area contributed by atoms with Crippen LogP contribution in [0.5, 0.6) is 0 Å². The molecule has 4 aromatic rings. The standard InChI is InChI=1S/C21H18F2N6O2/c1-13-16(11-24-29(13)20-25-18(30)17-3-2-9-28(17)26-20)19(31)27-10-8-21(23,12-27)14-4-6-15(22)7-5-14/h2-7,9,11H,8,10,12H2,1H3,(H,25,26,30). The lowest BCUT2D eigenvalue weighted by Gasteiger charge is -2.21. The van der Waals surface area contributed by atoms with Gasteiger partial charge in [0.25, 0.3) is 11.5 Å². The SMILES string of the molecule is Cc1c(C(=O)N2CCC(F)(c3ccc(F)cc3)C2)cnn1-c1nn2cccc2c(=O)[nH]1. The van der Waals surface area contributed by atoms with Gasteiger partial charge < -0.3 is 4.90 Å².